The minimum Gasteiger partial charge on any atom is -0.494 e. The number of fused-ring (bicyclic) bond motifs is 3. The molecule has 12 rings (SSSR count). The van der Waals surface area contributed by atoms with Gasteiger partial charge in [0.05, 0.1) is 42.2 Å². The number of hydrogen-bond donors (Lipinski definition) is 7. The number of piperidine rings is 1. The lowest BCUT2D eigenvalue weighted by molar-refractivity contribution is -0.669. The predicted molar refractivity (Wildman–Crippen MR) is 292 cm³/mol. The number of aryl methyl sites for hydroxylation is 1. The summed E-state index contributed by atoms with van der Waals surface area (Å²) >= 11 is 0. The second kappa shape index (κ2) is 22.9. The third-order valence-electron chi connectivity index (χ3n) is 13.1. The number of H-pyrrole nitrogens is 1. The largest absolute Gasteiger partial charge is 0.494 e. The predicted octanol–water partition coefficient (Wildman–Crippen LogP) is 8.93. The standard InChI is InChI=1S/C20H26N6O.C20H15N5O.C17H17N3O2/c1-3-27-17-8-6-15(7-9-17)24-20-14(2)19(23-16-5-4-11-21-13-16)25-18-10-12-22-26(18)20;1-12-21-7-6-19(23-12)24-15-8-14-11-22-25-20(14)16(10-15)18-9-13-4-2-3-5-17(13)26-18;1-11(12-5-3-2-4-6-12)19-14-15(17(22)16(14)21)20-13-7-9-18-10-8-13/h6-9,12,16,21H,3-5,10-11,13H2,1-2H3,(H,23,24);2-11H,1H3,(H,22,25)(H,21,23,24);2-11,14-15,19H,1H3,(H,18,20)/p+1/t;;11-,14?,15?/m..1/s1. The summed E-state index contributed by atoms with van der Waals surface area (Å²) in [5, 5.41) is 34.1. The van der Waals surface area contributed by atoms with Crippen molar-refractivity contribution in [2.45, 2.75) is 71.1 Å². The number of aromatic nitrogens is 7. The number of nitrogens with zero attached hydrogens (tertiary/aromatic N) is 7. The van der Waals surface area contributed by atoms with E-state index in [1.165, 1.54) is 6.42 Å². The average molecular weight is 1000 g/mol. The Morgan fingerprint density at radius 3 is 2.39 bits per heavy atom. The van der Waals surface area contributed by atoms with Gasteiger partial charge in [-0.3, -0.25) is 30.3 Å². The van der Waals surface area contributed by atoms with Crippen molar-refractivity contribution in [1.29, 1.82) is 0 Å². The van der Waals surface area contributed by atoms with E-state index >= 15 is 0 Å². The maximum absolute atomic E-state index is 11.9. The van der Waals surface area contributed by atoms with Gasteiger partial charge in [0.15, 0.2) is 0 Å². The van der Waals surface area contributed by atoms with Gasteiger partial charge in [-0.15, -0.1) is 9.78 Å². The van der Waals surface area contributed by atoms with Gasteiger partial charge in [0.2, 0.25) is 17.4 Å². The Hall–Kier alpha value is -8.87. The van der Waals surface area contributed by atoms with Gasteiger partial charge in [-0.1, -0.05) is 53.5 Å². The van der Waals surface area contributed by atoms with Crippen LogP contribution in [-0.2, 0) is 16.0 Å². The fourth-order valence-corrected chi connectivity index (χ4v) is 9.20. The lowest BCUT2D eigenvalue weighted by Gasteiger charge is -2.36. The molecule has 4 aromatic carbocycles. The van der Waals surface area contributed by atoms with E-state index in [9.17, 15) is 9.59 Å². The van der Waals surface area contributed by atoms with Gasteiger partial charge >= 0.3 is 0 Å². The van der Waals surface area contributed by atoms with Crippen LogP contribution >= 0.6 is 0 Å². The molecule has 0 radical (unpaired) electrons. The Bertz CT molecular complexity index is 3420. The van der Waals surface area contributed by atoms with E-state index in [1.54, 1.807) is 36.9 Å². The number of pyridine rings is 1. The van der Waals surface area contributed by atoms with Crippen LogP contribution in [0.2, 0.25) is 0 Å². The second-order valence-corrected chi connectivity index (χ2v) is 18.4. The SMILES string of the molecule is CCOc1ccc(Nc2c(C)c(NC3CCCNC3)nc3[n+]2N=CC3)cc1.C[C@@H](NC1C(=O)C(=O)C1Nc1ccncc1)c1ccccc1.Cc1nccc(Nc2cc(-c3cc4ccccc4o3)c3[nH]ncc3c2)n1. The number of Topliss-reactive ketones (excluding diaryl/α,β-unsaturated/α-hetero) is 2. The van der Waals surface area contributed by atoms with Crippen LogP contribution in [0, 0.1) is 13.8 Å². The zero-order chi connectivity index (χ0) is 51.7. The number of ether oxygens (including phenoxy) is 1. The molecule has 0 amide bonds. The quantitative estimate of drug-likeness (QED) is 0.0399. The van der Waals surface area contributed by atoms with Gasteiger partial charge in [0, 0.05) is 64.9 Å². The van der Waals surface area contributed by atoms with Crippen molar-refractivity contribution in [3.8, 4) is 17.1 Å². The molecule has 2 fully saturated rings. The van der Waals surface area contributed by atoms with Gasteiger partial charge in [-0.2, -0.15) is 5.10 Å². The van der Waals surface area contributed by atoms with Crippen LogP contribution in [0.3, 0.4) is 0 Å². The zero-order valence-electron chi connectivity index (χ0n) is 42.2. The Morgan fingerprint density at radius 2 is 1.61 bits per heavy atom. The lowest BCUT2D eigenvalue weighted by Crippen LogP contribution is -2.67. The molecule has 18 heteroatoms. The molecule has 1 saturated heterocycles. The van der Waals surface area contributed by atoms with E-state index in [4.69, 9.17) is 14.1 Å². The molecule has 4 atom stereocenters. The minimum atomic E-state index is -0.527. The van der Waals surface area contributed by atoms with Crippen molar-refractivity contribution in [3.63, 3.8) is 0 Å². The number of rotatable bonds is 14. The normalized spacial score (nSPS) is 16.9. The van der Waals surface area contributed by atoms with Crippen LogP contribution in [0.25, 0.3) is 33.2 Å². The van der Waals surface area contributed by atoms with E-state index in [2.05, 4.69) is 69.1 Å². The van der Waals surface area contributed by atoms with Crippen molar-refractivity contribution >= 4 is 74.2 Å². The molecule has 7 heterocycles. The van der Waals surface area contributed by atoms with Crippen LogP contribution in [0.4, 0.5) is 34.5 Å². The summed E-state index contributed by atoms with van der Waals surface area (Å²) in [4.78, 5) is 41.0. The molecule has 2 aliphatic heterocycles. The third-order valence-corrected chi connectivity index (χ3v) is 13.1. The summed E-state index contributed by atoms with van der Waals surface area (Å²) in [5.41, 5.74) is 7.58. The van der Waals surface area contributed by atoms with Crippen molar-refractivity contribution in [2.24, 2.45) is 5.10 Å². The first-order chi connectivity index (χ1) is 36.7. The van der Waals surface area contributed by atoms with E-state index < -0.39 is 12.1 Å². The van der Waals surface area contributed by atoms with Crippen molar-refractivity contribution in [1.82, 2.24) is 40.8 Å². The van der Waals surface area contributed by atoms with Crippen molar-refractivity contribution in [2.75, 3.05) is 41.0 Å². The van der Waals surface area contributed by atoms with Gasteiger partial charge in [-0.25, -0.2) is 9.97 Å². The maximum Gasteiger partial charge on any atom is 0.270 e. The highest BCUT2D eigenvalue weighted by molar-refractivity contribution is 6.49. The Kier molecular flexibility index (Phi) is 15.2. The van der Waals surface area contributed by atoms with Gasteiger partial charge in [0.25, 0.3) is 11.6 Å². The van der Waals surface area contributed by atoms with Crippen LogP contribution in [0.15, 0.2) is 150 Å². The molecule has 9 aromatic rings. The molecule has 0 bridgehead atoms. The van der Waals surface area contributed by atoms with Crippen LogP contribution in [0.1, 0.15) is 55.5 Å². The summed E-state index contributed by atoms with van der Waals surface area (Å²) in [6.07, 6.45) is 11.8. The van der Waals surface area contributed by atoms with Gasteiger partial charge in [-0.05, 0) is 119 Å². The molecule has 1 saturated carbocycles. The molecule has 3 unspecified atom stereocenters. The molecule has 380 valence electrons. The number of para-hydroxylation sites is 1. The summed E-state index contributed by atoms with van der Waals surface area (Å²) in [6, 6.07) is 36.7. The Morgan fingerprint density at radius 1 is 0.813 bits per heavy atom. The monoisotopic (exact) mass is 1000 g/mol. The highest BCUT2D eigenvalue weighted by Gasteiger charge is 2.49. The summed E-state index contributed by atoms with van der Waals surface area (Å²) in [5.74, 6) is 5.22. The second-order valence-electron chi connectivity index (χ2n) is 18.4. The fourth-order valence-electron chi connectivity index (χ4n) is 9.20. The van der Waals surface area contributed by atoms with Crippen molar-refractivity contribution < 1.29 is 23.4 Å². The number of carbonyl (C=O) groups excluding carboxylic acids is 2. The minimum absolute atomic E-state index is 0.00927. The summed E-state index contributed by atoms with van der Waals surface area (Å²) < 4.78 is 13.5. The van der Waals surface area contributed by atoms with E-state index in [-0.39, 0.29) is 17.6 Å². The average Bonchev–Trinajstić information content (AvgIpc) is 4.23. The lowest BCUT2D eigenvalue weighted by atomic mass is 9.82. The number of benzene rings is 4. The number of ketones is 2. The summed E-state index contributed by atoms with van der Waals surface area (Å²) in [6.45, 7) is 10.7. The molecule has 3 aliphatic rings. The highest BCUT2D eigenvalue weighted by Crippen LogP contribution is 2.35. The smallest absolute Gasteiger partial charge is 0.270 e. The highest BCUT2D eigenvalue weighted by atomic mass is 16.5. The number of aromatic amines is 1. The third kappa shape index (κ3) is 11.7. The Balaban J connectivity index is 0.000000129. The fraction of sp³-hybridized carbons (Fsp3) is 0.246. The van der Waals surface area contributed by atoms with E-state index in [0.717, 1.165) is 122 Å². The molecular weight excluding hydrogens is 945 g/mol. The first-order valence-corrected chi connectivity index (χ1v) is 25.2. The number of furan rings is 1. The Labute approximate surface area is 433 Å². The number of carbonyl (C=O) groups is 2. The first-order valence-electron chi connectivity index (χ1n) is 25.2. The topological polar surface area (TPSA) is 225 Å². The number of nitrogens with one attached hydrogen (secondary N) is 7. The molecule has 75 heavy (non-hydrogen) atoms. The summed E-state index contributed by atoms with van der Waals surface area (Å²) in [7, 11) is 0. The van der Waals surface area contributed by atoms with Crippen molar-refractivity contribution in [3.05, 3.63) is 163 Å². The molecule has 0 spiro atoms. The number of hydrogen-bond acceptors (Lipinski definition) is 16. The van der Waals surface area contributed by atoms with E-state index in [0.29, 0.717) is 12.6 Å². The maximum atomic E-state index is 11.9. The van der Waals surface area contributed by atoms with Crippen LogP contribution < -0.4 is 41.3 Å². The molecule has 18 nitrogen and oxygen atoms in total. The van der Waals surface area contributed by atoms with E-state index in [1.807, 2.05) is 135 Å². The zero-order valence-corrected chi connectivity index (χ0v) is 42.2. The molecular formula is C57H59N14O4+. The van der Waals surface area contributed by atoms with Gasteiger partial charge < -0.3 is 30.4 Å². The molecule has 7 N–H and O–H groups in total. The van der Waals surface area contributed by atoms with Crippen LogP contribution in [-0.4, -0.2) is 85.7 Å². The van der Waals surface area contributed by atoms with Crippen LogP contribution in [0.5, 0.6) is 5.75 Å². The first kappa shape index (κ1) is 49.7. The number of anilines is 6. The molecule has 5 aromatic heterocycles. The molecule has 1 aliphatic carbocycles. The van der Waals surface area contributed by atoms with Gasteiger partial charge in [0.1, 0.15) is 40.8 Å².